The maximum atomic E-state index is 13.6. The quantitative estimate of drug-likeness (QED) is 0.402. The topological polar surface area (TPSA) is 49.9 Å². The van der Waals surface area contributed by atoms with Crippen molar-refractivity contribution in [1.29, 1.82) is 0 Å². The minimum absolute atomic E-state index is 0.0972. The average Bonchev–Trinajstić information content (AvgIpc) is 3.31. The fourth-order valence-electron chi connectivity index (χ4n) is 5.26. The molecule has 5 nitrogen and oxygen atoms in total. The van der Waals surface area contributed by atoms with Crippen molar-refractivity contribution >= 4 is 16.7 Å². The van der Waals surface area contributed by atoms with Gasteiger partial charge in [-0.3, -0.25) is 9.00 Å². The normalized spacial score (nSPS) is 20.9. The molecule has 0 bridgehead atoms. The van der Waals surface area contributed by atoms with Gasteiger partial charge in [-0.05, 0) is 80.0 Å². The number of carbonyl (C=O) groups is 1. The molecule has 202 valence electrons. The van der Waals surface area contributed by atoms with Gasteiger partial charge in [0.05, 0.1) is 13.0 Å². The molecule has 2 heterocycles. The number of halogens is 1. The maximum Gasteiger partial charge on any atom is 0.227 e. The van der Waals surface area contributed by atoms with Crippen LogP contribution in [0.4, 0.5) is 4.39 Å². The zero-order valence-electron chi connectivity index (χ0n) is 22.2. The lowest BCUT2D eigenvalue weighted by Gasteiger charge is -2.39. The first-order valence-electron chi connectivity index (χ1n) is 13.7. The predicted octanol–water partition coefficient (Wildman–Crippen LogP) is 5.20. The summed E-state index contributed by atoms with van der Waals surface area (Å²) in [6.07, 6.45) is 5.36. The smallest absolute Gasteiger partial charge is 0.227 e. The summed E-state index contributed by atoms with van der Waals surface area (Å²) in [7, 11) is -0.649. The third-order valence-electron chi connectivity index (χ3n) is 7.46. The van der Waals surface area contributed by atoms with E-state index in [1.54, 1.807) is 12.1 Å². The van der Waals surface area contributed by atoms with Gasteiger partial charge in [0.25, 0.3) is 0 Å². The van der Waals surface area contributed by atoms with Crippen LogP contribution in [0.2, 0.25) is 0 Å². The Kier molecular flexibility index (Phi) is 10.1. The summed E-state index contributed by atoms with van der Waals surface area (Å²) in [5, 5.41) is 0.358. The van der Waals surface area contributed by atoms with Gasteiger partial charge in [-0.1, -0.05) is 38.1 Å². The van der Waals surface area contributed by atoms with E-state index in [2.05, 4.69) is 18.7 Å². The van der Waals surface area contributed by atoms with Gasteiger partial charge >= 0.3 is 0 Å². The summed E-state index contributed by atoms with van der Waals surface area (Å²) in [5.41, 5.74) is 1.91. The van der Waals surface area contributed by atoms with Crippen molar-refractivity contribution < 1.29 is 18.1 Å². The molecule has 7 heteroatoms. The lowest BCUT2D eigenvalue weighted by molar-refractivity contribution is -0.134. The second kappa shape index (κ2) is 13.5. The number of carbonyl (C=O) groups excluding carboxylic acids is 1. The Bertz CT molecular complexity index is 1020. The molecule has 0 aliphatic carbocycles. The van der Waals surface area contributed by atoms with Crippen molar-refractivity contribution in [3.05, 3.63) is 65.5 Å². The minimum Gasteiger partial charge on any atom is -0.493 e. The summed E-state index contributed by atoms with van der Waals surface area (Å²) in [5.74, 6) is 1.97. The van der Waals surface area contributed by atoms with Crippen LogP contribution in [0.25, 0.3) is 0 Å². The molecular formula is C30H41FN2O3S. The highest BCUT2D eigenvalue weighted by Gasteiger charge is 2.29. The van der Waals surface area contributed by atoms with Crippen LogP contribution in [-0.4, -0.2) is 63.2 Å². The average molecular weight is 529 g/mol. The van der Waals surface area contributed by atoms with Crippen LogP contribution >= 0.6 is 0 Å². The molecule has 2 unspecified atom stereocenters. The lowest BCUT2D eigenvalue weighted by Crippen LogP contribution is -2.48. The van der Waals surface area contributed by atoms with E-state index < -0.39 is 10.8 Å². The zero-order chi connectivity index (χ0) is 26.2. The molecule has 2 atom stereocenters. The Balaban J connectivity index is 1.36. The van der Waals surface area contributed by atoms with Crippen molar-refractivity contribution in [3.8, 4) is 5.75 Å². The van der Waals surface area contributed by atoms with E-state index in [-0.39, 0.29) is 17.8 Å². The van der Waals surface area contributed by atoms with Crippen LogP contribution in [0.5, 0.6) is 5.75 Å². The Labute approximate surface area is 223 Å². The molecule has 0 saturated carbocycles. The number of ether oxygens (including phenoxy) is 1. The van der Waals surface area contributed by atoms with E-state index in [0.29, 0.717) is 30.7 Å². The molecule has 0 radical (unpaired) electrons. The number of amides is 1. The summed E-state index contributed by atoms with van der Waals surface area (Å²) < 4.78 is 31.4. The number of hydrogen-bond donors (Lipinski definition) is 0. The Morgan fingerprint density at radius 3 is 2.35 bits per heavy atom. The molecule has 0 spiro atoms. The van der Waals surface area contributed by atoms with Crippen molar-refractivity contribution in [1.82, 2.24) is 9.80 Å². The van der Waals surface area contributed by atoms with Crippen molar-refractivity contribution in [2.45, 2.75) is 70.2 Å². The predicted molar refractivity (Wildman–Crippen MR) is 148 cm³/mol. The molecule has 2 aliphatic rings. The van der Waals surface area contributed by atoms with Crippen LogP contribution in [0, 0.1) is 11.7 Å². The summed E-state index contributed by atoms with van der Waals surface area (Å²) in [6.45, 7) is 8.26. The van der Waals surface area contributed by atoms with E-state index in [1.807, 2.05) is 29.2 Å². The maximum absolute atomic E-state index is 13.6. The van der Waals surface area contributed by atoms with Crippen LogP contribution in [0.3, 0.4) is 0 Å². The standard InChI is InChI=1S/C30H41FN2O3S/c1-23(2)22-36-28-11-7-24(8-12-28)20-30(34)33(21-25-5-9-26(31)10-6-25)27-13-16-32(17-14-27)18-15-29-4-3-19-37(29)35/h5-12,23,27,29H,3-4,13-22H2,1-2H3. The molecule has 0 N–H and O–H groups in total. The third kappa shape index (κ3) is 8.37. The monoisotopic (exact) mass is 528 g/mol. The molecule has 1 amide bonds. The van der Waals surface area contributed by atoms with Gasteiger partial charge in [-0.15, -0.1) is 0 Å². The number of piperidine rings is 1. The second-order valence-electron chi connectivity index (χ2n) is 10.9. The zero-order valence-corrected chi connectivity index (χ0v) is 23.1. The lowest BCUT2D eigenvalue weighted by atomic mass is 10.00. The van der Waals surface area contributed by atoms with Gasteiger partial charge in [0.1, 0.15) is 11.6 Å². The molecule has 37 heavy (non-hydrogen) atoms. The molecule has 2 saturated heterocycles. The van der Waals surface area contributed by atoms with E-state index in [1.165, 1.54) is 12.1 Å². The molecule has 2 aromatic carbocycles. The van der Waals surface area contributed by atoms with Gasteiger partial charge in [-0.2, -0.15) is 0 Å². The molecular weight excluding hydrogens is 487 g/mol. The second-order valence-corrected chi connectivity index (χ2v) is 12.7. The molecule has 2 aromatic rings. The summed E-state index contributed by atoms with van der Waals surface area (Å²) in [6, 6.07) is 14.4. The fourth-order valence-corrected chi connectivity index (χ4v) is 6.84. The first-order valence-corrected chi connectivity index (χ1v) is 15.1. The first-order chi connectivity index (χ1) is 17.9. The molecule has 2 fully saturated rings. The van der Waals surface area contributed by atoms with Crippen LogP contribution in [0.15, 0.2) is 48.5 Å². The summed E-state index contributed by atoms with van der Waals surface area (Å²) in [4.78, 5) is 18.0. The van der Waals surface area contributed by atoms with Gasteiger partial charge in [0.2, 0.25) is 5.91 Å². The Morgan fingerprint density at radius 1 is 1.05 bits per heavy atom. The number of nitrogens with zero attached hydrogens (tertiary/aromatic N) is 2. The van der Waals surface area contributed by atoms with Gasteiger partial charge in [0, 0.05) is 47.5 Å². The minimum atomic E-state index is -0.649. The SMILES string of the molecule is CC(C)COc1ccc(CC(=O)N(Cc2ccc(F)cc2)C2CCN(CCC3CCCS3=O)CC2)cc1. The summed E-state index contributed by atoms with van der Waals surface area (Å²) >= 11 is 0. The van der Waals surface area contributed by atoms with Crippen molar-refractivity contribution in [3.63, 3.8) is 0 Å². The molecule has 0 aromatic heterocycles. The van der Waals surface area contributed by atoms with Gasteiger partial charge in [0.15, 0.2) is 0 Å². The number of hydrogen-bond acceptors (Lipinski definition) is 4. The van der Waals surface area contributed by atoms with Gasteiger partial charge in [-0.25, -0.2) is 4.39 Å². The number of likely N-dealkylation sites (tertiary alicyclic amines) is 1. The van der Waals surface area contributed by atoms with Crippen molar-refractivity contribution in [2.75, 3.05) is 32.0 Å². The van der Waals surface area contributed by atoms with Crippen LogP contribution < -0.4 is 4.74 Å². The molecule has 4 rings (SSSR count). The largest absolute Gasteiger partial charge is 0.493 e. The van der Waals surface area contributed by atoms with Crippen LogP contribution in [-0.2, 0) is 28.6 Å². The first kappa shape index (κ1) is 27.8. The van der Waals surface area contributed by atoms with E-state index in [9.17, 15) is 13.4 Å². The van der Waals surface area contributed by atoms with E-state index >= 15 is 0 Å². The number of benzene rings is 2. The van der Waals surface area contributed by atoms with E-state index in [0.717, 1.165) is 74.4 Å². The van der Waals surface area contributed by atoms with E-state index in [4.69, 9.17) is 4.74 Å². The highest BCUT2D eigenvalue weighted by atomic mass is 32.2. The molecule has 2 aliphatic heterocycles. The number of rotatable bonds is 11. The Morgan fingerprint density at radius 2 is 1.73 bits per heavy atom. The fraction of sp³-hybridized carbons (Fsp3) is 0.567. The van der Waals surface area contributed by atoms with Crippen molar-refractivity contribution in [2.24, 2.45) is 5.92 Å². The third-order valence-corrected chi connectivity index (χ3v) is 9.36. The highest BCUT2D eigenvalue weighted by Crippen LogP contribution is 2.24. The highest BCUT2D eigenvalue weighted by molar-refractivity contribution is 7.85. The van der Waals surface area contributed by atoms with Crippen LogP contribution in [0.1, 0.15) is 57.1 Å². The van der Waals surface area contributed by atoms with Gasteiger partial charge < -0.3 is 14.5 Å². The Hall–Kier alpha value is -2.25.